The monoisotopic (exact) mass is 212 g/mol. The van der Waals surface area contributed by atoms with Crippen LogP contribution in [0.15, 0.2) is 4.99 Å². The summed E-state index contributed by atoms with van der Waals surface area (Å²) in [6.45, 7) is 5.51. The van der Waals surface area contributed by atoms with Crippen molar-refractivity contribution in [2.45, 2.75) is 19.9 Å². The van der Waals surface area contributed by atoms with E-state index in [0.717, 1.165) is 6.54 Å². The maximum Gasteiger partial charge on any atom is 0.316 e. The summed E-state index contributed by atoms with van der Waals surface area (Å²) < 4.78 is 0. The molecule has 2 N–H and O–H groups in total. The predicted octanol–water partition coefficient (Wildman–Crippen LogP) is -1.07. The van der Waals surface area contributed by atoms with Crippen molar-refractivity contribution in [3.8, 4) is 0 Å². The summed E-state index contributed by atoms with van der Waals surface area (Å²) in [7, 11) is 2.00. The number of nitrogens with one attached hydrogen (secondary N) is 2. The fourth-order valence-electron chi connectivity index (χ4n) is 1.02. The second kappa shape index (κ2) is 4.88. The number of nitrogens with zero attached hydrogens (tertiary/aromatic N) is 2. The maximum atomic E-state index is 10.8. The van der Waals surface area contributed by atoms with Gasteiger partial charge >= 0.3 is 11.8 Å². The number of hydrogen-bond donors (Lipinski definition) is 2. The summed E-state index contributed by atoms with van der Waals surface area (Å²) in [6.07, 6.45) is 0. The number of likely N-dealkylation sites (N-methyl/N-ethyl adjacent to an activating group) is 1. The highest BCUT2D eigenvalue weighted by atomic mass is 16.2. The van der Waals surface area contributed by atoms with Crippen molar-refractivity contribution in [2.24, 2.45) is 4.99 Å². The Morgan fingerprint density at radius 1 is 1.27 bits per heavy atom. The molecule has 1 aliphatic heterocycles. The average molecular weight is 212 g/mol. The molecule has 1 heterocycles. The second-order valence-corrected chi connectivity index (χ2v) is 3.71. The van der Waals surface area contributed by atoms with Gasteiger partial charge in [0.25, 0.3) is 0 Å². The van der Waals surface area contributed by atoms with E-state index >= 15 is 0 Å². The standard InChI is InChI=1S/C9H16N4O2/c1-6(2)13(3)5-4-10-9-11-7(14)8(15)12-9/h6H,4-5H2,1-3H3,(H2,10,11,12,14,15). The van der Waals surface area contributed by atoms with Gasteiger partial charge in [-0.2, -0.15) is 0 Å². The fourth-order valence-corrected chi connectivity index (χ4v) is 1.02. The first-order valence-corrected chi connectivity index (χ1v) is 4.87. The number of guanidine groups is 1. The maximum absolute atomic E-state index is 10.8. The molecule has 0 aromatic carbocycles. The molecule has 0 unspecified atom stereocenters. The highest BCUT2D eigenvalue weighted by Gasteiger charge is 2.24. The zero-order valence-electron chi connectivity index (χ0n) is 9.20. The first kappa shape index (κ1) is 11.6. The van der Waals surface area contributed by atoms with Crippen LogP contribution in [0, 0.1) is 0 Å². The lowest BCUT2D eigenvalue weighted by molar-refractivity contribution is -0.135. The Morgan fingerprint density at radius 2 is 1.80 bits per heavy atom. The lowest BCUT2D eigenvalue weighted by Gasteiger charge is -2.19. The Balaban J connectivity index is 2.34. The van der Waals surface area contributed by atoms with E-state index in [2.05, 4.69) is 34.4 Å². The Labute approximate surface area is 88.7 Å². The van der Waals surface area contributed by atoms with E-state index in [1.807, 2.05) is 7.05 Å². The third kappa shape index (κ3) is 3.32. The summed E-state index contributed by atoms with van der Waals surface area (Å²) >= 11 is 0. The van der Waals surface area contributed by atoms with Crippen LogP contribution in [-0.2, 0) is 9.59 Å². The van der Waals surface area contributed by atoms with Gasteiger partial charge in [-0.1, -0.05) is 0 Å². The Kier molecular flexibility index (Phi) is 3.79. The zero-order chi connectivity index (χ0) is 11.4. The molecule has 84 valence electrons. The summed E-state index contributed by atoms with van der Waals surface area (Å²) in [5, 5.41) is 4.68. The number of carbonyl (C=O) groups excluding carboxylic acids is 2. The molecular formula is C9H16N4O2. The molecule has 0 aromatic rings. The van der Waals surface area contributed by atoms with Crippen molar-refractivity contribution in [2.75, 3.05) is 20.1 Å². The van der Waals surface area contributed by atoms with Crippen molar-refractivity contribution in [1.82, 2.24) is 15.5 Å². The van der Waals surface area contributed by atoms with Gasteiger partial charge < -0.3 is 4.90 Å². The quantitative estimate of drug-likeness (QED) is 0.583. The van der Waals surface area contributed by atoms with E-state index in [9.17, 15) is 9.59 Å². The van der Waals surface area contributed by atoms with Gasteiger partial charge in [0, 0.05) is 12.6 Å². The first-order chi connectivity index (χ1) is 7.00. The minimum Gasteiger partial charge on any atom is -0.302 e. The molecule has 0 aliphatic carbocycles. The largest absolute Gasteiger partial charge is 0.316 e. The lowest BCUT2D eigenvalue weighted by Crippen LogP contribution is -2.31. The SMILES string of the molecule is CC(C)N(C)CCN=C1NC(=O)C(=O)N1. The van der Waals surface area contributed by atoms with E-state index in [4.69, 9.17) is 0 Å². The number of carbonyl (C=O) groups is 2. The smallest absolute Gasteiger partial charge is 0.302 e. The highest BCUT2D eigenvalue weighted by Crippen LogP contribution is 1.92. The van der Waals surface area contributed by atoms with Crippen molar-refractivity contribution < 1.29 is 9.59 Å². The van der Waals surface area contributed by atoms with Gasteiger partial charge in [-0.15, -0.1) is 0 Å². The molecule has 0 atom stereocenters. The minimum absolute atomic E-state index is 0.252. The molecule has 1 fully saturated rings. The van der Waals surface area contributed by atoms with Gasteiger partial charge in [0.2, 0.25) is 5.96 Å². The first-order valence-electron chi connectivity index (χ1n) is 4.87. The van der Waals surface area contributed by atoms with Gasteiger partial charge in [-0.05, 0) is 20.9 Å². The number of aliphatic imine (C=N–C) groups is 1. The average Bonchev–Trinajstić information content (AvgIpc) is 2.46. The molecule has 0 saturated carbocycles. The van der Waals surface area contributed by atoms with Crippen LogP contribution in [-0.4, -0.2) is 48.9 Å². The van der Waals surface area contributed by atoms with Crippen molar-refractivity contribution in [1.29, 1.82) is 0 Å². The van der Waals surface area contributed by atoms with Crippen LogP contribution in [0.3, 0.4) is 0 Å². The molecule has 6 nitrogen and oxygen atoms in total. The summed E-state index contributed by atoms with van der Waals surface area (Å²) in [6, 6.07) is 0.456. The molecule has 15 heavy (non-hydrogen) atoms. The molecule has 2 amide bonds. The number of hydrogen-bond acceptors (Lipinski definition) is 4. The molecular weight excluding hydrogens is 196 g/mol. The normalized spacial score (nSPS) is 15.9. The van der Waals surface area contributed by atoms with Crippen LogP contribution in [0.25, 0.3) is 0 Å². The minimum atomic E-state index is -0.647. The molecule has 1 saturated heterocycles. The van der Waals surface area contributed by atoms with Gasteiger partial charge in [-0.3, -0.25) is 25.2 Å². The lowest BCUT2D eigenvalue weighted by atomic mass is 10.3. The van der Waals surface area contributed by atoms with Gasteiger partial charge in [0.05, 0.1) is 6.54 Å². The van der Waals surface area contributed by atoms with Crippen LogP contribution in [0.5, 0.6) is 0 Å². The van der Waals surface area contributed by atoms with E-state index < -0.39 is 11.8 Å². The Hall–Kier alpha value is -1.43. The third-order valence-corrected chi connectivity index (χ3v) is 2.27. The van der Waals surface area contributed by atoms with Crippen molar-refractivity contribution in [3.05, 3.63) is 0 Å². The predicted molar refractivity (Wildman–Crippen MR) is 56.4 cm³/mol. The second-order valence-electron chi connectivity index (χ2n) is 3.71. The van der Waals surface area contributed by atoms with Crippen LogP contribution < -0.4 is 10.6 Å². The van der Waals surface area contributed by atoms with Gasteiger partial charge in [0.15, 0.2) is 0 Å². The molecule has 0 aromatic heterocycles. The molecule has 0 bridgehead atoms. The van der Waals surface area contributed by atoms with Crippen LogP contribution in [0.4, 0.5) is 0 Å². The summed E-state index contributed by atoms with van der Waals surface area (Å²) in [5.41, 5.74) is 0. The molecule has 1 aliphatic rings. The molecule has 6 heteroatoms. The fraction of sp³-hybridized carbons (Fsp3) is 0.667. The van der Waals surface area contributed by atoms with Crippen LogP contribution in [0.1, 0.15) is 13.8 Å². The third-order valence-electron chi connectivity index (χ3n) is 2.27. The summed E-state index contributed by atoms with van der Waals surface area (Å²) in [5.74, 6) is -1.04. The van der Waals surface area contributed by atoms with Crippen LogP contribution in [0.2, 0.25) is 0 Å². The van der Waals surface area contributed by atoms with E-state index in [1.54, 1.807) is 0 Å². The number of amides is 2. The molecule has 0 spiro atoms. The zero-order valence-corrected chi connectivity index (χ0v) is 9.20. The Bertz CT molecular complexity index is 280. The van der Waals surface area contributed by atoms with Crippen molar-refractivity contribution in [3.63, 3.8) is 0 Å². The van der Waals surface area contributed by atoms with Gasteiger partial charge in [0.1, 0.15) is 0 Å². The molecule has 0 radical (unpaired) electrons. The van der Waals surface area contributed by atoms with Crippen LogP contribution >= 0.6 is 0 Å². The van der Waals surface area contributed by atoms with Crippen molar-refractivity contribution >= 4 is 17.8 Å². The van der Waals surface area contributed by atoms with E-state index in [1.165, 1.54) is 0 Å². The summed E-state index contributed by atoms with van der Waals surface area (Å²) in [4.78, 5) is 27.7. The Morgan fingerprint density at radius 3 is 2.27 bits per heavy atom. The van der Waals surface area contributed by atoms with E-state index in [-0.39, 0.29) is 5.96 Å². The molecule has 1 rings (SSSR count). The number of rotatable bonds is 4. The van der Waals surface area contributed by atoms with E-state index in [0.29, 0.717) is 12.6 Å². The highest BCUT2D eigenvalue weighted by molar-refractivity contribution is 6.45. The topological polar surface area (TPSA) is 73.8 Å². The van der Waals surface area contributed by atoms with Gasteiger partial charge in [-0.25, -0.2) is 0 Å².